The summed E-state index contributed by atoms with van der Waals surface area (Å²) in [5, 5.41) is 6.78. The highest BCUT2D eigenvalue weighted by Crippen LogP contribution is 2.22. The summed E-state index contributed by atoms with van der Waals surface area (Å²) in [5.74, 6) is 0.439. The van der Waals surface area contributed by atoms with Crippen molar-refractivity contribution in [2.75, 3.05) is 5.73 Å². The maximum atomic E-state index is 5.75. The number of rotatable bonds is 1. The number of nitrogen functional groups attached to an aromatic ring is 1. The van der Waals surface area contributed by atoms with Crippen LogP contribution in [0.2, 0.25) is 0 Å². The number of aryl methyl sites for hydroxylation is 1. The molecule has 17 heavy (non-hydrogen) atoms. The summed E-state index contributed by atoms with van der Waals surface area (Å²) in [6.07, 6.45) is 0. The van der Waals surface area contributed by atoms with Gasteiger partial charge in [0.1, 0.15) is 5.52 Å². The van der Waals surface area contributed by atoms with E-state index < -0.39 is 0 Å². The lowest BCUT2D eigenvalue weighted by atomic mass is 10.1. The van der Waals surface area contributed by atoms with Crippen LogP contribution in [0.4, 0.5) is 5.82 Å². The molecule has 3 aromatic rings. The number of aromatic nitrogens is 3. The number of H-pyrrole nitrogens is 1. The molecular weight excluding hydrogens is 212 g/mol. The molecule has 84 valence electrons. The quantitative estimate of drug-likeness (QED) is 0.667. The van der Waals surface area contributed by atoms with Crippen LogP contribution in [0, 0.1) is 6.92 Å². The minimum Gasteiger partial charge on any atom is -0.380 e. The topological polar surface area (TPSA) is 67.6 Å². The van der Waals surface area contributed by atoms with Gasteiger partial charge in [0.2, 0.25) is 0 Å². The van der Waals surface area contributed by atoms with Crippen molar-refractivity contribution in [3.63, 3.8) is 0 Å². The van der Waals surface area contributed by atoms with E-state index in [9.17, 15) is 0 Å². The molecule has 0 amide bonds. The van der Waals surface area contributed by atoms with E-state index in [4.69, 9.17) is 5.73 Å². The number of nitrogens with zero attached hydrogens (tertiary/aromatic N) is 2. The van der Waals surface area contributed by atoms with Crippen molar-refractivity contribution in [1.82, 2.24) is 15.2 Å². The standard InChI is InChI=1S/C13H12N4/c1-8-3-2-4-9(7-8)10-5-6-11-12(15-10)13(14)17-16-11/h2-7H,1H3,(H3,14,16,17). The molecule has 0 atom stereocenters. The highest BCUT2D eigenvalue weighted by molar-refractivity contribution is 5.86. The molecule has 0 spiro atoms. The highest BCUT2D eigenvalue weighted by atomic mass is 15.2. The van der Waals surface area contributed by atoms with Crippen molar-refractivity contribution < 1.29 is 0 Å². The predicted octanol–water partition coefficient (Wildman–Crippen LogP) is 2.52. The second kappa shape index (κ2) is 3.59. The summed E-state index contributed by atoms with van der Waals surface area (Å²) in [6, 6.07) is 12.1. The molecule has 1 aromatic carbocycles. The number of hydrogen-bond acceptors (Lipinski definition) is 3. The molecule has 2 aromatic heterocycles. The van der Waals surface area contributed by atoms with Gasteiger partial charge in [-0.2, -0.15) is 5.10 Å². The van der Waals surface area contributed by atoms with Crippen LogP contribution in [0.1, 0.15) is 5.56 Å². The summed E-state index contributed by atoms with van der Waals surface area (Å²) < 4.78 is 0. The third kappa shape index (κ3) is 1.63. The molecule has 0 bridgehead atoms. The Labute approximate surface area is 98.5 Å². The fraction of sp³-hybridized carbons (Fsp3) is 0.0769. The molecule has 4 heteroatoms. The monoisotopic (exact) mass is 224 g/mol. The van der Waals surface area contributed by atoms with Gasteiger partial charge < -0.3 is 5.73 Å². The highest BCUT2D eigenvalue weighted by Gasteiger charge is 2.06. The number of nitrogens with one attached hydrogen (secondary N) is 1. The van der Waals surface area contributed by atoms with Crippen LogP contribution in [0.5, 0.6) is 0 Å². The number of hydrogen-bond donors (Lipinski definition) is 2. The summed E-state index contributed by atoms with van der Waals surface area (Å²) in [5.41, 5.74) is 10.5. The molecule has 0 saturated carbocycles. The molecule has 0 saturated heterocycles. The lowest BCUT2D eigenvalue weighted by molar-refractivity contribution is 1.13. The Morgan fingerprint density at radius 3 is 2.88 bits per heavy atom. The third-order valence-electron chi connectivity index (χ3n) is 2.75. The van der Waals surface area contributed by atoms with Gasteiger partial charge in [-0.3, -0.25) is 5.10 Å². The van der Waals surface area contributed by atoms with Crippen LogP contribution in [-0.4, -0.2) is 15.2 Å². The largest absolute Gasteiger partial charge is 0.380 e. The number of anilines is 1. The van der Waals surface area contributed by atoms with Crippen molar-refractivity contribution in [2.24, 2.45) is 0 Å². The maximum absolute atomic E-state index is 5.75. The normalized spacial score (nSPS) is 10.9. The smallest absolute Gasteiger partial charge is 0.171 e. The van der Waals surface area contributed by atoms with Gasteiger partial charge in [-0.25, -0.2) is 4.98 Å². The second-order valence-electron chi connectivity index (χ2n) is 4.07. The maximum Gasteiger partial charge on any atom is 0.171 e. The van der Waals surface area contributed by atoms with Gasteiger partial charge in [-0.1, -0.05) is 23.8 Å². The second-order valence-corrected chi connectivity index (χ2v) is 4.07. The zero-order chi connectivity index (χ0) is 11.8. The molecule has 0 radical (unpaired) electrons. The first-order valence-corrected chi connectivity index (χ1v) is 5.42. The van der Waals surface area contributed by atoms with Crippen LogP contribution in [0.25, 0.3) is 22.3 Å². The third-order valence-corrected chi connectivity index (χ3v) is 2.75. The Bertz CT molecular complexity index is 685. The van der Waals surface area contributed by atoms with Crippen LogP contribution in [0.15, 0.2) is 36.4 Å². The fourth-order valence-corrected chi connectivity index (χ4v) is 1.88. The average molecular weight is 224 g/mol. The van der Waals surface area contributed by atoms with Crippen LogP contribution in [-0.2, 0) is 0 Å². The summed E-state index contributed by atoms with van der Waals surface area (Å²) in [7, 11) is 0. The number of pyridine rings is 1. The lowest BCUT2D eigenvalue weighted by Gasteiger charge is -2.02. The molecule has 0 fully saturated rings. The predicted molar refractivity (Wildman–Crippen MR) is 68.5 cm³/mol. The first-order valence-electron chi connectivity index (χ1n) is 5.42. The Balaban J connectivity index is 2.20. The number of aromatic amines is 1. The average Bonchev–Trinajstić information content (AvgIpc) is 2.71. The number of benzene rings is 1. The number of nitrogens with two attached hydrogens (primary N) is 1. The fourth-order valence-electron chi connectivity index (χ4n) is 1.88. The molecular formula is C13H12N4. The van der Waals surface area contributed by atoms with Crippen molar-refractivity contribution >= 4 is 16.9 Å². The minimum absolute atomic E-state index is 0.439. The molecule has 3 rings (SSSR count). The molecule has 4 nitrogen and oxygen atoms in total. The molecule has 3 N–H and O–H groups in total. The molecule has 0 aliphatic carbocycles. The van der Waals surface area contributed by atoms with Crippen molar-refractivity contribution in [3.8, 4) is 11.3 Å². The number of fused-ring (bicyclic) bond motifs is 1. The van der Waals surface area contributed by atoms with Gasteiger partial charge in [-0.15, -0.1) is 0 Å². The van der Waals surface area contributed by atoms with Gasteiger partial charge in [0.25, 0.3) is 0 Å². The first kappa shape index (κ1) is 9.84. The molecule has 0 unspecified atom stereocenters. The van der Waals surface area contributed by atoms with Gasteiger partial charge in [0, 0.05) is 5.56 Å². The van der Waals surface area contributed by atoms with E-state index in [0.29, 0.717) is 5.82 Å². The van der Waals surface area contributed by atoms with E-state index in [2.05, 4.69) is 34.2 Å². The van der Waals surface area contributed by atoms with E-state index in [1.54, 1.807) is 0 Å². The van der Waals surface area contributed by atoms with Crippen LogP contribution in [0.3, 0.4) is 0 Å². The first-order chi connectivity index (χ1) is 8.24. The van der Waals surface area contributed by atoms with Crippen LogP contribution >= 0.6 is 0 Å². The van der Waals surface area contributed by atoms with Gasteiger partial charge in [0.05, 0.1) is 11.2 Å². The van der Waals surface area contributed by atoms with E-state index in [0.717, 1.165) is 22.3 Å². The van der Waals surface area contributed by atoms with Crippen molar-refractivity contribution in [1.29, 1.82) is 0 Å². The van der Waals surface area contributed by atoms with Crippen molar-refractivity contribution in [2.45, 2.75) is 6.92 Å². The minimum atomic E-state index is 0.439. The zero-order valence-electron chi connectivity index (χ0n) is 9.44. The SMILES string of the molecule is Cc1cccc(-c2ccc3[nH]nc(N)c3n2)c1. The summed E-state index contributed by atoms with van der Waals surface area (Å²) in [6.45, 7) is 2.06. The summed E-state index contributed by atoms with van der Waals surface area (Å²) in [4.78, 5) is 4.53. The molecule has 2 heterocycles. The Morgan fingerprint density at radius 2 is 2.06 bits per heavy atom. The van der Waals surface area contributed by atoms with Gasteiger partial charge >= 0.3 is 0 Å². The molecule has 0 aliphatic heterocycles. The van der Waals surface area contributed by atoms with E-state index in [1.165, 1.54) is 5.56 Å². The van der Waals surface area contributed by atoms with Crippen LogP contribution < -0.4 is 5.73 Å². The molecule has 0 aliphatic rings. The Morgan fingerprint density at radius 1 is 1.18 bits per heavy atom. The van der Waals surface area contributed by atoms with Crippen molar-refractivity contribution in [3.05, 3.63) is 42.0 Å². The Hall–Kier alpha value is -2.36. The Kier molecular flexibility index (Phi) is 2.08. The lowest BCUT2D eigenvalue weighted by Crippen LogP contribution is -1.88. The van der Waals surface area contributed by atoms with E-state index in [1.807, 2.05) is 24.3 Å². The zero-order valence-corrected chi connectivity index (χ0v) is 9.44. The van der Waals surface area contributed by atoms with Gasteiger partial charge in [-0.05, 0) is 25.1 Å². The van der Waals surface area contributed by atoms with E-state index >= 15 is 0 Å². The summed E-state index contributed by atoms with van der Waals surface area (Å²) >= 11 is 0. The van der Waals surface area contributed by atoms with Gasteiger partial charge in [0.15, 0.2) is 5.82 Å². The van der Waals surface area contributed by atoms with E-state index in [-0.39, 0.29) is 0 Å².